The minimum Gasteiger partial charge on any atom is -0.368 e. The summed E-state index contributed by atoms with van der Waals surface area (Å²) < 4.78 is 37.9. The molecule has 5 nitrogen and oxygen atoms in total. The highest BCUT2D eigenvalue weighted by atomic mass is 19.4. The van der Waals surface area contributed by atoms with Gasteiger partial charge >= 0.3 is 6.18 Å². The maximum Gasteiger partial charge on any atom is 0.416 e. The predicted octanol–water partition coefficient (Wildman–Crippen LogP) is 1.77. The molecule has 0 aromatic heterocycles. The molecule has 1 aromatic rings. The number of nitrogens with zero attached hydrogens (tertiary/aromatic N) is 1. The molecule has 1 aromatic carbocycles. The Morgan fingerprint density at radius 3 is 2.57 bits per heavy atom. The van der Waals surface area contributed by atoms with Crippen molar-refractivity contribution in [3.63, 3.8) is 0 Å². The normalized spacial score (nSPS) is 13.7. The third kappa shape index (κ3) is 5.62. The number of nitrogens with two attached hydrogens (primary N) is 1. The van der Waals surface area contributed by atoms with E-state index in [1.807, 2.05) is 6.07 Å². The first-order chi connectivity index (χ1) is 10.6. The number of rotatable bonds is 6. The van der Waals surface area contributed by atoms with Crippen LogP contribution in [0, 0.1) is 17.2 Å². The molecular formula is C15H16F3N3O2. The van der Waals surface area contributed by atoms with Crippen molar-refractivity contribution < 1.29 is 22.8 Å². The van der Waals surface area contributed by atoms with Crippen LogP contribution in [0.15, 0.2) is 24.3 Å². The average molecular weight is 327 g/mol. The van der Waals surface area contributed by atoms with Crippen LogP contribution in [-0.4, -0.2) is 17.9 Å². The molecule has 1 rings (SSSR count). The SMILES string of the molecule is C[C@@H](CC#N)[C@@H](NC(=O)Cc1cccc(C(F)(F)F)c1)C(N)=O. The Bertz CT molecular complexity index is 623. The van der Waals surface area contributed by atoms with Crippen molar-refractivity contribution in [2.75, 3.05) is 0 Å². The van der Waals surface area contributed by atoms with Crippen molar-refractivity contribution >= 4 is 11.8 Å². The molecule has 0 heterocycles. The molecule has 0 fully saturated rings. The second kappa shape index (κ2) is 7.63. The van der Waals surface area contributed by atoms with Crippen LogP contribution in [0.4, 0.5) is 13.2 Å². The summed E-state index contributed by atoms with van der Waals surface area (Å²) in [5, 5.41) is 11.0. The average Bonchev–Trinajstić information content (AvgIpc) is 2.44. The van der Waals surface area contributed by atoms with Crippen molar-refractivity contribution in [3.05, 3.63) is 35.4 Å². The molecule has 0 saturated carbocycles. The fraction of sp³-hybridized carbons (Fsp3) is 0.400. The van der Waals surface area contributed by atoms with Crippen molar-refractivity contribution in [1.82, 2.24) is 5.32 Å². The number of halogens is 3. The van der Waals surface area contributed by atoms with Gasteiger partial charge in [-0.3, -0.25) is 9.59 Å². The molecule has 0 aliphatic rings. The van der Waals surface area contributed by atoms with Gasteiger partial charge in [0.2, 0.25) is 11.8 Å². The number of benzene rings is 1. The van der Waals surface area contributed by atoms with E-state index in [1.165, 1.54) is 12.1 Å². The smallest absolute Gasteiger partial charge is 0.368 e. The monoisotopic (exact) mass is 327 g/mol. The van der Waals surface area contributed by atoms with Crippen molar-refractivity contribution in [2.24, 2.45) is 11.7 Å². The van der Waals surface area contributed by atoms with Crippen LogP contribution in [0.2, 0.25) is 0 Å². The summed E-state index contributed by atoms with van der Waals surface area (Å²) in [4.78, 5) is 23.3. The quantitative estimate of drug-likeness (QED) is 0.833. The van der Waals surface area contributed by atoms with E-state index in [2.05, 4.69) is 5.32 Å². The van der Waals surface area contributed by atoms with E-state index < -0.39 is 35.5 Å². The van der Waals surface area contributed by atoms with Gasteiger partial charge in [0.25, 0.3) is 0 Å². The third-order valence-electron chi connectivity index (χ3n) is 3.22. The van der Waals surface area contributed by atoms with Crippen LogP contribution in [-0.2, 0) is 22.2 Å². The number of nitriles is 1. The molecule has 2 amide bonds. The highest BCUT2D eigenvalue weighted by Crippen LogP contribution is 2.29. The van der Waals surface area contributed by atoms with E-state index in [0.717, 1.165) is 12.1 Å². The Hall–Kier alpha value is -2.56. The van der Waals surface area contributed by atoms with Crippen molar-refractivity contribution in [3.8, 4) is 6.07 Å². The van der Waals surface area contributed by atoms with Gasteiger partial charge in [-0.1, -0.05) is 25.1 Å². The Morgan fingerprint density at radius 2 is 2.04 bits per heavy atom. The Labute approximate surface area is 131 Å². The fourth-order valence-corrected chi connectivity index (χ4v) is 2.02. The summed E-state index contributed by atoms with van der Waals surface area (Å²) in [6.07, 6.45) is -4.81. The standard InChI is InChI=1S/C15H16F3N3O2/c1-9(5-6-19)13(14(20)23)21-12(22)8-10-3-2-4-11(7-10)15(16,17)18/h2-4,7,9,13H,5,8H2,1H3,(H2,20,23)(H,21,22)/t9-,13+/m0/s1. The van der Waals surface area contributed by atoms with Crippen LogP contribution in [0.3, 0.4) is 0 Å². The van der Waals surface area contributed by atoms with Crippen LogP contribution >= 0.6 is 0 Å². The maximum absolute atomic E-state index is 12.6. The van der Waals surface area contributed by atoms with Crippen LogP contribution in [0.1, 0.15) is 24.5 Å². The fourth-order valence-electron chi connectivity index (χ4n) is 2.02. The zero-order chi connectivity index (χ0) is 17.6. The molecule has 2 atom stereocenters. The zero-order valence-electron chi connectivity index (χ0n) is 12.4. The molecular weight excluding hydrogens is 311 g/mol. The zero-order valence-corrected chi connectivity index (χ0v) is 12.4. The molecule has 8 heteroatoms. The first-order valence-electron chi connectivity index (χ1n) is 6.77. The lowest BCUT2D eigenvalue weighted by Gasteiger charge is -2.20. The van der Waals surface area contributed by atoms with Gasteiger partial charge in [-0.05, 0) is 17.5 Å². The minimum absolute atomic E-state index is 0.0114. The first-order valence-corrected chi connectivity index (χ1v) is 6.77. The number of primary amides is 1. The summed E-state index contributed by atoms with van der Waals surface area (Å²) in [6.45, 7) is 1.57. The van der Waals surface area contributed by atoms with Gasteiger partial charge in [0, 0.05) is 6.42 Å². The van der Waals surface area contributed by atoms with E-state index >= 15 is 0 Å². The Morgan fingerprint density at radius 1 is 1.39 bits per heavy atom. The Kier molecular flexibility index (Phi) is 6.13. The summed E-state index contributed by atoms with van der Waals surface area (Å²) in [5.41, 5.74) is 4.49. The van der Waals surface area contributed by atoms with Gasteiger partial charge in [0.05, 0.1) is 18.1 Å². The summed E-state index contributed by atoms with van der Waals surface area (Å²) in [7, 11) is 0. The largest absolute Gasteiger partial charge is 0.416 e. The number of carbonyl (C=O) groups excluding carboxylic acids is 2. The molecule has 0 saturated heterocycles. The van der Waals surface area contributed by atoms with Crippen LogP contribution in [0.5, 0.6) is 0 Å². The first kappa shape index (κ1) is 18.5. The van der Waals surface area contributed by atoms with Crippen LogP contribution < -0.4 is 11.1 Å². The number of hydrogen-bond acceptors (Lipinski definition) is 3. The lowest BCUT2D eigenvalue weighted by Crippen LogP contribution is -2.48. The van der Waals surface area contributed by atoms with E-state index in [-0.39, 0.29) is 18.4 Å². The van der Waals surface area contributed by atoms with Crippen LogP contribution in [0.25, 0.3) is 0 Å². The topological polar surface area (TPSA) is 96.0 Å². The molecule has 0 aliphatic heterocycles. The second-order valence-electron chi connectivity index (χ2n) is 5.16. The van der Waals surface area contributed by atoms with Gasteiger partial charge in [-0.15, -0.1) is 0 Å². The third-order valence-corrected chi connectivity index (χ3v) is 3.22. The minimum atomic E-state index is -4.50. The summed E-state index contributed by atoms with van der Waals surface area (Å²) in [5.74, 6) is -1.94. The highest BCUT2D eigenvalue weighted by Gasteiger charge is 2.30. The maximum atomic E-state index is 12.6. The molecule has 0 bridgehead atoms. The summed E-state index contributed by atoms with van der Waals surface area (Å²) in [6, 6.07) is 5.18. The van der Waals surface area contributed by atoms with Gasteiger partial charge in [0.15, 0.2) is 0 Å². The molecule has 3 N–H and O–H groups in total. The number of alkyl halides is 3. The van der Waals surface area contributed by atoms with E-state index in [1.54, 1.807) is 6.92 Å². The number of amides is 2. The molecule has 0 spiro atoms. The van der Waals surface area contributed by atoms with Gasteiger partial charge in [-0.25, -0.2) is 0 Å². The molecule has 23 heavy (non-hydrogen) atoms. The lowest BCUT2D eigenvalue weighted by molar-refractivity contribution is -0.137. The van der Waals surface area contributed by atoms with E-state index in [4.69, 9.17) is 11.0 Å². The number of hydrogen-bond donors (Lipinski definition) is 2. The predicted molar refractivity (Wildman–Crippen MR) is 75.7 cm³/mol. The molecule has 0 radical (unpaired) electrons. The second-order valence-corrected chi connectivity index (χ2v) is 5.16. The van der Waals surface area contributed by atoms with Gasteiger partial charge in [-0.2, -0.15) is 18.4 Å². The van der Waals surface area contributed by atoms with Gasteiger partial charge in [0.1, 0.15) is 6.04 Å². The molecule has 0 aliphatic carbocycles. The number of nitrogens with one attached hydrogen (secondary N) is 1. The summed E-state index contributed by atoms with van der Waals surface area (Å²) >= 11 is 0. The van der Waals surface area contributed by atoms with E-state index in [0.29, 0.717) is 0 Å². The Balaban J connectivity index is 2.79. The lowest BCUT2D eigenvalue weighted by atomic mass is 9.98. The van der Waals surface area contributed by atoms with Gasteiger partial charge < -0.3 is 11.1 Å². The molecule has 0 unspecified atom stereocenters. The number of carbonyl (C=O) groups is 2. The van der Waals surface area contributed by atoms with Crippen molar-refractivity contribution in [1.29, 1.82) is 5.26 Å². The van der Waals surface area contributed by atoms with E-state index in [9.17, 15) is 22.8 Å². The highest BCUT2D eigenvalue weighted by molar-refractivity contribution is 5.87. The van der Waals surface area contributed by atoms with Crippen molar-refractivity contribution in [2.45, 2.75) is 32.0 Å². The molecule has 124 valence electrons.